The second-order valence-corrected chi connectivity index (χ2v) is 10.9. The highest BCUT2D eigenvalue weighted by Gasteiger charge is 2.25. The Hall–Kier alpha value is -2.40. The van der Waals surface area contributed by atoms with Crippen LogP contribution in [0, 0.1) is 13.8 Å². The Kier molecular flexibility index (Phi) is 4.73. The molecule has 4 aromatic rings. The van der Waals surface area contributed by atoms with Crippen molar-refractivity contribution in [3.05, 3.63) is 46.8 Å². The Bertz CT molecular complexity index is 1290. The second-order valence-electron chi connectivity index (χ2n) is 10.3. The van der Waals surface area contributed by atoms with Crippen molar-refractivity contribution in [2.24, 2.45) is 0 Å². The van der Waals surface area contributed by atoms with Crippen LogP contribution in [0.3, 0.4) is 0 Å². The van der Waals surface area contributed by atoms with Crippen molar-refractivity contribution < 1.29 is 4.43 Å². The van der Waals surface area contributed by atoms with Gasteiger partial charge in [0.15, 0.2) is 0 Å². The van der Waals surface area contributed by atoms with Crippen LogP contribution in [0.1, 0.15) is 64.1 Å². The molecule has 4 rings (SSSR count). The van der Waals surface area contributed by atoms with Crippen molar-refractivity contribution in [3.63, 3.8) is 0 Å². The number of imidazole rings is 1. The Morgan fingerprint density at radius 3 is 2.23 bits per heavy atom. The Morgan fingerprint density at radius 1 is 0.933 bits per heavy atom. The van der Waals surface area contributed by atoms with Crippen molar-refractivity contribution in [2.45, 2.75) is 72.8 Å². The molecule has 0 saturated carbocycles. The predicted molar refractivity (Wildman–Crippen MR) is 127 cm³/mol. The van der Waals surface area contributed by atoms with Crippen LogP contribution in [-0.4, -0.2) is 24.1 Å². The van der Waals surface area contributed by atoms with Gasteiger partial charge in [0, 0.05) is 27.6 Å². The zero-order chi connectivity index (χ0) is 22.0. The number of fused-ring (bicyclic) bond motifs is 5. The van der Waals surface area contributed by atoms with Crippen molar-refractivity contribution in [2.75, 3.05) is 0 Å². The number of nitrogens with zero attached hydrogens (tertiary/aromatic N) is 3. The quantitative estimate of drug-likeness (QED) is 0.360. The summed E-state index contributed by atoms with van der Waals surface area (Å²) < 4.78 is 8.41. The van der Waals surface area contributed by atoms with Gasteiger partial charge in [-0.1, -0.05) is 41.5 Å². The smallest absolute Gasteiger partial charge is 0.307 e. The molecule has 4 nitrogen and oxygen atoms in total. The van der Waals surface area contributed by atoms with Gasteiger partial charge in [-0.15, -0.1) is 0 Å². The first-order valence-electron chi connectivity index (χ1n) is 10.5. The van der Waals surface area contributed by atoms with Gasteiger partial charge in [-0.05, 0) is 55.8 Å². The van der Waals surface area contributed by atoms with Gasteiger partial charge >= 0.3 is 9.76 Å². The number of hydrogen-bond donors (Lipinski definition) is 0. The highest BCUT2D eigenvalue weighted by molar-refractivity contribution is 6.26. The minimum absolute atomic E-state index is 0.000363. The normalized spacial score (nSPS) is 13.0. The van der Waals surface area contributed by atoms with Crippen LogP contribution in [0.15, 0.2) is 24.3 Å². The molecule has 30 heavy (non-hydrogen) atoms. The van der Waals surface area contributed by atoms with Crippen molar-refractivity contribution in [1.29, 1.82) is 0 Å². The Balaban J connectivity index is 2.23. The molecule has 0 bridgehead atoms. The summed E-state index contributed by atoms with van der Waals surface area (Å²) >= 11 is 0. The first-order valence-corrected chi connectivity index (χ1v) is 11.9. The number of aromatic nitrogens is 3. The van der Waals surface area contributed by atoms with Crippen molar-refractivity contribution in [1.82, 2.24) is 14.4 Å². The maximum Gasteiger partial charge on any atom is 0.307 e. The molecule has 0 fully saturated rings. The zero-order valence-electron chi connectivity index (χ0n) is 19.6. The maximum atomic E-state index is 6.10. The minimum Gasteiger partial charge on any atom is -0.539 e. The molecule has 156 valence electrons. The predicted octanol–water partition coefficient (Wildman–Crippen LogP) is 6.29. The fourth-order valence-corrected chi connectivity index (χ4v) is 4.45. The number of aryl methyl sites for hydroxylation is 1. The first kappa shape index (κ1) is 20.9. The molecule has 0 unspecified atom stereocenters. The van der Waals surface area contributed by atoms with Crippen LogP contribution in [0.25, 0.3) is 27.6 Å². The van der Waals surface area contributed by atoms with Gasteiger partial charge in [0.05, 0.1) is 11.0 Å². The lowest BCUT2D eigenvalue weighted by Gasteiger charge is -2.23. The van der Waals surface area contributed by atoms with E-state index >= 15 is 0 Å². The molecule has 0 aliphatic carbocycles. The summed E-state index contributed by atoms with van der Waals surface area (Å²) in [4.78, 5) is 10.2. The topological polar surface area (TPSA) is 39.4 Å². The lowest BCUT2D eigenvalue weighted by molar-refractivity contribution is 0.562. The second kappa shape index (κ2) is 6.81. The average Bonchev–Trinajstić information content (AvgIpc) is 3.02. The van der Waals surface area contributed by atoms with E-state index in [0.29, 0.717) is 9.76 Å². The third-order valence-corrected chi connectivity index (χ3v) is 6.24. The summed E-state index contributed by atoms with van der Waals surface area (Å²) in [6.07, 6.45) is 0. The van der Waals surface area contributed by atoms with Crippen molar-refractivity contribution in [3.8, 4) is 5.75 Å². The molecule has 1 aromatic carbocycles. The third kappa shape index (κ3) is 3.20. The first-order chi connectivity index (χ1) is 13.9. The summed E-state index contributed by atoms with van der Waals surface area (Å²) in [5, 5.41) is 1.08. The number of pyridine rings is 2. The van der Waals surface area contributed by atoms with Gasteiger partial charge in [0.2, 0.25) is 0 Å². The SMILES string of the molecule is C[Si]Oc1c(C)c(C)cc2c1nc1c3ccc(C(C)(C)C)nc3cc(C(C)(C)C)n21. The average molecular weight is 418 g/mol. The fraction of sp³-hybridized carbons (Fsp3) is 0.440. The molecule has 0 amide bonds. The van der Waals surface area contributed by atoms with Crippen LogP contribution in [0.2, 0.25) is 6.55 Å². The zero-order valence-corrected chi connectivity index (χ0v) is 20.6. The lowest BCUT2D eigenvalue weighted by Crippen LogP contribution is -2.17. The molecule has 0 spiro atoms. The summed E-state index contributed by atoms with van der Waals surface area (Å²) in [7, 11) is 0.376. The van der Waals surface area contributed by atoms with Crippen LogP contribution in [-0.2, 0) is 10.8 Å². The number of benzene rings is 1. The van der Waals surface area contributed by atoms with E-state index in [1.807, 2.05) is 0 Å². The van der Waals surface area contributed by atoms with Gasteiger partial charge in [-0.2, -0.15) is 0 Å². The number of hydrogen-bond acceptors (Lipinski definition) is 3. The van der Waals surface area contributed by atoms with Crippen LogP contribution >= 0.6 is 0 Å². The molecule has 0 atom stereocenters. The van der Waals surface area contributed by atoms with E-state index in [4.69, 9.17) is 14.4 Å². The maximum absolute atomic E-state index is 6.10. The van der Waals surface area contributed by atoms with Gasteiger partial charge in [-0.3, -0.25) is 9.38 Å². The van der Waals surface area contributed by atoms with E-state index < -0.39 is 0 Å². The van der Waals surface area contributed by atoms with Crippen molar-refractivity contribution >= 4 is 37.3 Å². The highest BCUT2D eigenvalue weighted by atomic mass is 28.2. The monoisotopic (exact) mass is 417 g/mol. The molecular weight excluding hydrogens is 386 g/mol. The molecule has 3 heterocycles. The minimum atomic E-state index is -0.0637. The van der Waals surface area contributed by atoms with Gasteiger partial charge < -0.3 is 4.43 Å². The van der Waals surface area contributed by atoms with Crippen LogP contribution in [0.4, 0.5) is 0 Å². The van der Waals surface area contributed by atoms with Gasteiger partial charge in [0.1, 0.15) is 16.9 Å². The molecule has 0 N–H and O–H groups in total. The van der Waals surface area contributed by atoms with E-state index in [9.17, 15) is 0 Å². The molecule has 0 saturated heterocycles. The molecule has 0 aliphatic heterocycles. The van der Waals surface area contributed by atoms with E-state index in [1.54, 1.807) is 0 Å². The van der Waals surface area contributed by atoms with E-state index in [1.165, 1.54) is 11.3 Å². The summed E-state index contributed by atoms with van der Waals surface area (Å²) in [6.45, 7) is 19.7. The van der Waals surface area contributed by atoms with E-state index in [2.05, 4.69) is 90.6 Å². The lowest BCUT2D eigenvalue weighted by atomic mass is 9.89. The highest BCUT2D eigenvalue weighted by Crippen LogP contribution is 2.37. The summed E-state index contributed by atoms with van der Waals surface area (Å²) in [5.74, 6) is 0.904. The van der Waals surface area contributed by atoms with E-state index in [-0.39, 0.29) is 10.8 Å². The number of rotatable bonds is 2. The Labute approximate surface area is 181 Å². The van der Waals surface area contributed by atoms with Gasteiger partial charge in [0.25, 0.3) is 0 Å². The molecule has 0 aliphatic rings. The Morgan fingerprint density at radius 2 is 1.63 bits per heavy atom. The molecule has 3 aromatic heterocycles. The van der Waals surface area contributed by atoms with Crippen LogP contribution < -0.4 is 4.43 Å². The van der Waals surface area contributed by atoms with Crippen LogP contribution in [0.5, 0.6) is 5.75 Å². The largest absolute Gasteiger partial charge is 0.539 e. The molecule has 2 radical (unpaired) electrons. The standard InChI is InChI=1S/C25H31N3OSi/c1-14-12-18-21(22(15(14)2)29-30-9)27-23-16-10-11-19(24(3,4)5)26-17(16)13-20(28(18)23)25(6,7)8/h10-13H,1-9H3. The fourth-order valence-electron chi connectivity index (χ4n) is 3.99. The molecular formula is C25H31N3OSi. The van der Waals surface area contributed by atoms with E-state index in [0.717, 1.165) is 44.6 Å². The third-order valence-electron chi connectivity index (χ3n) is 5.83. The molecule has 5 heteroatoms. The summed E-state index contributed by atoms with van der Waals surface area (Å²) in [6, 6.07) is 8.81. The van der Waals surface area contributed by atoms with Gasteiger partial charge in [-0.25, -0.2) is 4.98 Å². The summed E-state index contributed by atoms with van der Waals surface area (Å²) in [5.41, 5.74) is 8.62.